The molecule has 1 aliphatic heterocycles. The van der Waals surface area contributed by atoms with Crippen LogP contribution in [-0.2, 0) is 9.59 Å². The first-order chi connectivity index (χ1) is 9.99. The molecule has 22 heavy (non-hydrogen) atoms. The second-order valence-electron chi connectivity index (χ2n) is 5.28. The summed E-state index contributed by atoms with van der Waals surface area (Å²) in [4.78, 5) is 25.1. The second kappa shape index (κ2) is 8.36. The second-order valence-corrected chi connectivity index (χ2v) is 5.69. The standard InChI is InChI=1S/C15H19ClN2O3.ClH/c1-10-11(16)5-4-6-12(10)17-14(19)9-18-8-3-2-7-13(18)15(20)21;/h4-6,13H,2-3,7-9H2,1H3,(H,17,19)(H,20,21);1H. The maximum Gasteiger partial charge on any atom is 0.320 e. The van der Waals surface area contributed by atoms with Crippen LogP contribution in [0.1, 0.15) is 24.8 Å². The van der Waals surface area contributed by atoms with E-state index < -0.39 is 12.0 Å². The van der Waals surface area contributed by atoms with Gasteiger partial charge in [0.2, 0.25) is 5.91 Å². The molecule has 0 saturated carbocycles. The maximum atomic E-state index is 12.1. The third kappa shape index (κ3) is 4.60. The molecule has 1 saturated heterocycles. The van der Waals surface area contributed by atoms with Crippen LogP contribution in [0.15, 0.2) is 18.2 Å². The molecule has 1 heterocycles. The summed E-state index contributed by atoms with van der Waals surface area (Å²) in [5.74, 6) is -1.07. The summed E-state index contributed by atoms with van der Waals surface area (Å²) in [6.45, 7) is 2.56. The molecule has 1 aromatic carbocycles. The van der Waals surface area contributed by atoms with E-state index >= 15 is 0 Å². The van der Waals surface area contributed by atoms with E-state index in [1.165, 1.54) is 0 Å². The zero-order valence-corrected chi connectivity index (χ0v) is 13.9. The number of hydrogen-bond acceptors (Lipinski definition) is 3. The highest BCUT2D eigenvalue weighted by molar-refractivity contribution is 6.31. The average molecular weight is 347 g/mol. The van der Waals surface area contributed by atoms with Crippen LogP contribution in [0.4, 0.5) is 5.69 Å². The third-order valence-corrected chi connectivity index (χ3v) is 4.20. The van der Waals surface area contributed by atoms with Crippen molar-refractivity contribution < 1.29 is 14.7 Å². The molecule has 1 amide bonds. The number of hydrogen-bond donors (Lipinski definition) is 2. The van der Waals surface area contributed by atoms with Crippen molar-refractivity contribution in [3.8, 4) is 0 Å². The van der Waals surface area contributed by atoms with Crippen LogP contribution in [-0.4, -0.2) is 41.0 Å². The van der Waals surface area contributed by atoms with Gasteiger partial charge in [-0.3, -0.25) is 14.5 Å². The van der Waals surface area contributed by atoms with E-state index in [0.717, 1.165) is 18.4 Å². The summed E-state index contributed by atoms with van der Waals surface area (Å²) in [6.07, 6.45) is 2.41. The van der Waals surface area contributed by atoms with E-state index in [2.05, 4.69) is 5.32 Å². The Morgan fingerprint density at radius 3 is 2.82 bits per heavy atom. The number of carboxylic acid groups (broad SMARTS) is 1. The van der Waals surface area contributed by atoms with Crippen molar-refractivity contribution in [2.75, 3.05) is 18.4 Å². The molecule has 2 N–H and O–H groups in total. The van der Waals surface area contributed by atoms with Gasteiger partial charge >= 0.3 is 5.97 Å². The van der Waals surface area contributed by atoms with Crippen LogP contribution in [0.25, 0.3) is 0 Å². The lowest BCUT2D eigenvalue weighted by Gasteiger charge is -2.32. The number of halogens is 2. The SMILES string of the molecule is Cc1c(Cl)cccc1NC(=O)CN1CCCCC1C(=O)O.Cl. The van der Waals surface area contributed by atoms with Crippen LogP contribution in [0, 0.1) is 6.92 Å². The van der Waals surface area contributed by atoms with Crippen molar-refractivity contribution in [1.82, 2.24) is 4.90 Å². The number of carbonyl (C=O) groups is 2. The van der Waals surface area contributed by atoms with E-state index in [1.807, 2.05) is 6.92 Å². The van der Waals surface area contributed by atoms with Crippen LogP contribution >= 0.6 is 24.0 Å². The Morgan fingerprint density at radius 1 is 1.41 bits per heavy atom. The number of carbonyl (C=O) groups excluding carboxylic acids is 1. The number of anilines is 1. The number of nitrogens with one attached hydrogen (secondary N) is 1. The monoisotopic (exact) mass is 346 g/mol. The van der Waals surface area contributed by atoms with Gasteiger partial charge in [-0.2, -0.15) is 0 Å². The number of amides is 1. The van der Waals surface area contributed by atoms with Gasteiger partial charge in [-0.25, -0.2) is 0 Å². The molecule has 0 radical (unpaired) electrons. The summed E-state index contributed by atoms with van der Waals surface area (Å²) in [5.41, 5.74) is 1.47. The number of benzene rings is 1. The summed E-state index contributed by atoms with van der Waals surface area (Å²) in [5, 5.41) is 12.6. The lowest BCUT2D eigenvalue weighted by atomic mass is 10.0. The molecule has 1 unspecified atom stereocenters. The normalized spacial score (nSPS) is 18.4. The molecule has 5 nitrogen and oxygen atoms in total. The first-order valence-corrected chi connectivity index (χ1v) is 7.38. The molecule has 0 aliphatic carbocycles. The topological polar surface area (TPSA) is 69.6 Å². The van der Waals surface area contributed by atoms with Crippen LogP contribution in [0.2, 0.25) is 5.02 Å². The van der Waals surface area contributed by atoms with Gasteiger partial charge in [0.05, 0.1) is 6.54 Å². The third-order valence-electron chi connectivity index (χ3n) is 3.79. The lowest BCUT2D eigenvalue weighted by molar-refractivity contribution is -0.145. The Balaban J connectivity index is 0.00000242. The highest BCUT2D eigenvalue weighted by Crippen LogP contribution is 2.23. The molecule has 7 heteroatoms. The summed E-state index contributed by atoms with van der Waals surface area (Å²) < 4.78 is 0. The molecule has 0 bridgehead atoms. The smallest absolute Gasteiger partial charge is 0.320 e. The predicted molar refractivity (Wildman–Crippen MR) is 88.9 cm³/mol. The Bertz CT molecular complexity index is 552. The minimum atomic E-state index is -0.860. The number of nitrogens with zero attached hydrogens (tertiary/aromatic N) is 1. The van der Waals surface area contributed by atoms with Crippen LogP contribution < -0.4 is 5.32 Å². The zero-order valence-electron chi connectivity index (χ0n) is 12.3. The van der Waals surface area contributed by atoms with Crippen molar-refractivity contribution in [2.24, 2.45) is 0 Å². The molecule has 1 aromatic rings. The van der Waals surface area contributed by atoms with E-state index in [-0.39, 0.29) is 24.9 Å². The van der Waals surface area contributed by atoms with Crippen molar-refractivity contribution in [3.05, 3.63) is 28.8 Å². The molecule has 2 rings (SSSR count). The largest absolute Gasteiger partial charge is 0.480 e. The summed E-state index contributed by atoms with van der Waals surface area (Å²) in [6, 6.07) is 4.75. The fraction of sp³-hybridized carbons (Fsp3) is 0.467. The minimum absolute atomic E-state index is 0. The first kappa shape index (κ1) is 18.7. The van der Waals surface area contributed by atoms with Crippen molar-refractivity contribution >= 4 is 41.6 Å². The van der Waals surface area contributed by atoms with Gasteiger partial charge in [0.25, 0.3) is 0 Å². The minimum Gasteiger partial charge on any atom is -0.480 e. The number of piperidine rings is 1. The number of rotatable bonds is 4. The number of carboxylic acids is 1. The fourth-order valence-electron chi connectivity index (χ4n) is 2.58. The Hall–Kier alpha value is -1.30. The van der Waals surface area contributed by atoms with Crippen molar-refractivity contribution in [3.63, 3.8) is 0 Å². The number of aliphatic carboxylic acids is 1. The first-order valence-electron chi connectivity index (χ1n) is 7.01. The Morgan fingerprint density at radius 2 is 2.14 bits per heavy atom. The fourth-order valence-corrected chi connectivity index (χ4v) is 2.75. The van der Waals surface area contributed by atoms with Gasteiger partial charge in [0, 0.05) is 10.7 Å². The van der Waals surface area contributed by atoms with Crippen molar-refractivity contribution in [2.45, 2.75) is 32.2 Å². The molecule has 1 atom stereocenters. The predicted octanol–water partition coefficient (Wildman–Crippen LogP) is 2.95. The molecule has 122 valence electrons. The zero-order chi connectivity index (χ0) is 15.4. The van der Waals surface area contributed by atoms with Gasteiger partial charge in [-0.15, -0.1) is 12.4 Å². The van der Waals surface area contributed by atoms with E-state index in [0.29, 0.717) is 23.7 Å². The van der Waals surface area contributed by atoms with Crippen LogP contribution in [0.5, 0.6) is 0 Å². The quantitative estimate of drug-likeness (QED) is 0.879. The maximum absolute atomic E-state index is 12.1. The highest BCUT2D eigenvalue weighted by atomic mass is 35.5. The lowest BCUT2D eigenvalue weighted by Crippen LogP contribution is -2.47. The van der Waals surface area contributed by atoms with Crippen molar-refractivity contribution in [1.29, 1.82) is 0 Å². The van der Waals surface area contributed by atoms with E-state index in [1.54, 1.807) is 23.1 Å². The molecular weight excluding hydrogens is 327 g/mol. The molecule has 1 fully saturated rings. The van der Waals surface area contributed by atoms with Gasteiger partial charge < -0.3 is 10.4 Å². The summed E-state index contributed by atoms with van der Waals surface area (Å²) in [7, 11) is 0. The Labute approximate surface area is 141 Å². The van der Waals surface area contributed by atoms with E-state index in [9.17, 15) is 14.7 Å². The van der Waals surface area contributed by atoms with Crippen LogP contribution in [0.3, 0.4) is 0 Å². The van der Waals surface area contributed by atoms with Gasteiger partial charge in [-0.05, 0) is 44.0 Å². The number of likely N-dealkylation sites (tertiary alicyclic amines) is 1. The average Bonchev–Trinajstić information content (AvgIpc) is 2.44. The Kier molecular flexibility index (Phi) is 7.13. The molecule has 1 aliphatic rings. The van der Waals surface area contributed by atoms with Gasteiger partial charge in [0.15, 0.2) is 0 Å². The molecule has 0 spiro atoms. The van der Waals surface area contributed by atoms with Gasteiger partial charge in [-0.1, -0.05) is 24.1 Å². The van der Waals surface area contributed by atoms with Gasteiger partial charge in [0.1, 0.15) is 6.04 Å². The molecular formula is C15H20Cl2N2O3. The van der Waals surface area contributed by atoms with E-state index in [4.69, 9.17) is 11.6 Å². The molecule has 0 aromatic heterocycles. The highest BCUT2D eigenvalue weighted by Gasteiger charge is 2.29. The summed E-state index contributed by atoms with van der Waals surface area (Å²) >= 11 is 6.01.